The van der Waals surface area contributed by atoms with Gasteiger partial charge in [-0.2, -0.15) is 0 Å². The van der Waals surface area contributed by atoms with E-state index in [0.29, 0.717) is 17.4 Å². The average Bonchev–Trinajstić information content (AvgIpc) is 2.58. The molecule has 0 radical (unpaired) electrons. The van der Waals surface area contributed by atoms with Gasteiger partial charge < -0.3 is 5.32 Å². The molecule has 1 unspecified atom stereocenters. The molecule has 1 aromatic rings. The fourth-order valence-electron chi connectivity index (χ4n) is 2.21. The zero-order valence-corrected chi connectivity index (χ0v) is 13.9. The van der Waals surface area contributed by atoms with Gasteiger partial charge in [-0.3, -0.25) is 0 Å². The highest BCUT2D eigenvalue weighted by molar-refractivity contribution is 7.89. The highest BCUT2D eigenvalue weighted by Gasteiger charge is 2.24. The van der Waals surface area contributed by atoms with Crippen LogP contribution in [0.2, 0.25) is 0 Å². The first-order valence-corrected chi connectivity index (χ1v) is 8.88. The van der Waals surface area contributed by atoms with Crippen molar-refractivity contribution in [1.82, 2.24) is 10.0 Å². The number of rotatable bonds is 7. The van der Waals surface area contributed by atoms with Crippen LogP contribution >= 0.6 is 11.3 Å². The van der Waals surface area contributed by atoms with E-state index in [1.54, 1.807) is 0 Å². The van der Waals surface area contributed by atoms with Gasteiger partial charge in [0.05, 0.1) is 0 Å². The second kappa shape index (κ2) is 6.83. The predicted octanol–water partition coefficient (Wildman–Crippen LogP) is 2.49. The van der Waals surface area contributed by atoms with Crippen LogP contribution in [0, 0.1) is 12.8 Å². The number of aryl methyl sites for hydroxylation is 1. The molecule has 0 amide bonds. The molecule has 0 spiro atoms. The van der Waals surface area contributed by atoms with E-state index in [0.717, 1.165) is 16.9 Å². The summed E-state index contributed by atoms with van der Waals surface area (Å²) in [5.74, 6) is 0.470. The van der Waals surface area contributed by atoms with Crippen LogP contribution < -0.4 is 10.0 Å². The molecular formula is C13H24N2O2S2. The van der Waals surface area contributed by atoms with E-state index in [1.165, 1.54) is 11.3 Å². The fraction of sp³-hybridized carbons (Fsp3) is 0.692. The molecule has 0 aromatic carbocycles. The number of nitrogens with one attached hydrogen (secondary N) is 2. The Kier molecular flexibility index (Phi) is 5.98. The molecule has 1 heterocycles. The van der Waals surface area contributed by atoms with Gasteiger partial charge in [0, 0.05) is 17.5 Å². The van der Waals surface area contributed by atoms with Gasteiger partial charge >= 0.3 is 0 Å². The zero-order chi connectivity index (χ0) is 14.6. The fourth-order valence-corrected chi connectivity index (χ4v) is 5.29. The van der Waals surface area contributed by atoms with Crippen LogP contribution in [0.4, 0.5) is 0 Å². The first-order valence-electron chi connectivity index (χ1n) is 6.51. The van der Waals surface area contributed by atoms with Crippen LogP contribution in [0.25, 0.3) is 0 Å². The van der Waals surface area contributed by atoms with E-state index in [4.69, 9.17) is 0 Å². The summed E-state index contributed by atoms with van der Waals surface area (Å²) in [5, 5.41) is 4.91. The Morgan fingerprint density at radius 1 is 1.32 bits per heavy atom. The maximum Gasteiger partial charge on any atom is 0.242 e. The lowest BCUT2D eigenvalue weighted by molar-refractivity contribution is 0.482. The molecule has 0 bridgehead atoms. The number of hydrogen-bond acceptors (Lipinski definition) is 4. The van der Waals surface area contributed by atoms with Crippen molar-refractivity contribution < 1.29 is 8.42 Å². The van der Waals surface area contributed by atoms with Crippen LogP contribution in [-0.4, -0.2) is 21.5 Å². The predicted molar refractivity (Wildman–Crippen MR) is 81.1 cm³/mol. The molecule has 0 saturated carbocycles. The second-order valence-electron chi connectivity index (χ2n) is 5.35. The van der Waals surface area contributed by atoms with Gasteiger partial charge in [0.2, 0.25) is 10.0 Å². The van der Waals surface area contributed by atoms with Crippen molar-refractivity contribution in [3.05, 3.63) is 15.8 Å². The molecular weight excluding hydrogens is 280 g/mol. The second-order valence-corrected chi connectivity index (χ2v) is 7.97. The normalized spacial score (nSPS) is 14.0. The summed E-state index contributed by atoms with van der Waals surface area (Å²) >= 11 is 1.49. The largest absolute Gasteiger partial charge is 0.315 e. The third-order valence-electron chi connectivity index (χ3n) is 2.78. The summed E-state index contributed by atoms with van der Waals surface area (Å²) in [6.45, 7) is 8.52. The summed E-state index contributed by atoms with van der Waals surface area (Å²) in [6.07, 6.45) is 0.837. The van der Waals surface area contributed by atoms with Gasteiger partial charge in [-0.15, -0.1) is 11.3 Å². The van der Waals surface area contributed by atoms with Crippen LogP contribution in [0.15, 0.2) is 10.3 Å². The molecule has 4 nitrogen and oxygen atoms in total. The molecule has 19 heavy (non-hydrogen) atoms. The zero-order valence-electron chi connectivity index (χ0n) is 12.3. The summed E-state index contributed by atoms with van der Waals surface area (Å²) in [4.78, 5) is 1.31. The van der Waals surface area contributed by atoms with Crippen LogP contribution in [0.1, 0.15) is 37.6 Å². The molecule has 0 aliphatic carbocycles. The monoisotopic (exact) mass is 304 g/mol. The molecule has 0 saturated heterocycles. The minimum absolute atomic E-state index is 0.0493. The summed E-state index contributed by atoms with van der Waals surface area (Å²) in [5.41, 5.74) is 0.819. The van der Waals surface area contributed by atoms with Gasteiger partial charge in [-0.25, -0.2) is 13.1 Å². The lowest BCUT2D eigenvalue weighted by Gasteiger charge is -2.17. The third-order valence-corrected chi connectivity index (χ3v) is 5.83. The number of hydrogen-bond donors (Lipinski definition) is 2. The van der Waals surface area contributed by atoms with E-state index in [-0.39, 0.29) is 6.04 Å². The van der Waals surface area contributed by atoms with Crippen LogP contribution in [0.3, 0.4) is 0 Å². The van der Waals surface area contributed by atoms with Crippen molar-refractivity contribution in [3.8, 4) is 0 Å². The maximum absolute atomic E-state index is 12.5. The van der Waals surface area contributed by atoms with Gasteiger partial charge in [-0.05, 0) is 44.2 Å². The van der Waals surface area contributed by atoms with Crippen LogP contribution in [0.5, 0.6) is 0 Å². The van der Waals surface area contributed by atoms with Gasteiger partial charge in [0.1, 0.15) is 4.90 Å². The van der Waals surface area contributed by atoms with E-state index >= 15 is 0 Å². The molecule has 0 aliphatic rings. The minimum Gasteiger partial charge on any atom is -0.315 e. The molecule has 110 valence electrons. The molecule has 1 aromatic heterocycles. The number of thiophene rings is 1. The summed E-state index contributed by atoms with van der Waals surface area (Å²) < 4.78 is 27.7. The van der Waals surface area contributed by atoms with E-state index in [9.17, 15) is 8.42 Å². The van der Waals surface area contributed by atoms with Gasteiger partial charge in [0.15, 0.2) is 0 Å². The van der Waals surface area contributed by atoms with Crippen molar-refractivity contribution in [3.63, 3.8) is 0 Å². The lowest BCUT2D eigenvalue weighted by atomic mass is 10.1. The maximum atomic E-state index is 12.5. The van der Waals surface area contributed by atoms with E-state index in [1.807, 2.05) is 26.3 Å². The Morgan fingerprint density at radius 2 is 1.95 bits per heavy atom. The summed E-state index contributed by atoms with van der Waals surface area (Å²) in [7, 11) is -1.61. The third kappa shape index (κ3) is 4.56. The quantitative estimate of drug-likeness (QED) is 0.813. The van der Waals surface area contributed by atoms with Gasteiger partial charge in [-0.1, -0.05) is 13.8 Å². The Hall–Kier alpha value is -0.430. The smallest absolute Gasteiger partial charge is 0.242 e. The average molecular weight is 304 g/mol. The Bertz CT molecular complexity index is 507. The molecule has 0 fully saturated rings. The number of sulfonamides is 1. The lowest BCUT2D eigenvalue weighted by Crippen LogP contribution is -2.34. The highest BCUT2D eigenvalue weighted by Crippen LogP contribution is 2.27. The highest BCUT2D eigenvalue weighted by atomic mass is 32.2. The Morgan fingerprint density at radius 3 is 2.47 bits per heavy atom. The molecule has 1 rings (SSSR count). The first-order chi connectivity index (χ1) is 8.77. The van der Waals surface area contributed by atoms with Crippen molar-refractivity contribution in [2.75, 3.05) is 7.05 Å². The van der Waals surface area contributed by atoms with Gasteiger partial charge in [0.25, 0.3) is 0 Å². The Labute approximate surface area is 120 Å². The topological polar surface area (TPSA) is 58.2 Å². The summed E-state index contributed by atoms with van der Waals surface area (Å²) in [6, 6.07) is -0.0493. The van der Waals surface area contributed by atoms with E-state index < -0.39 is 10.0 Å². The minimum atomic E-state index is -3.42. The molecule has 6 heteroatoms. The molecule has 1 atom stereocenters. The Balaban J connectivity index is 2.97. The molecule has 0 aliphatic heterocycles. The molecule has 2 N–H and O–H groups in total. The van der Waals surface area contributed by atoms with Crippen molar-refractivity contribution in [1.29, 1.82) is 0 Å². The van der Waals surface area contributed by atoms with Crippen LogP contribution in [-0.2, 0) is 16.6 Å². The van der Waals surface area contributed by atoms with Crippen molar-refractivity contribution in [2.45, 2.75) is 51.6 Å². The van der Waals surface area contributed by atoms with Crippen molar-refractivity contribution in [2.24, 2.45) is 5.92 Å². The SMILES string of the molecule is CNCc1scc(C)c1S(=O)(=O)NC(C)CC(C)C. The van der Waals surface area contributed by atoms with E-state index in [2.05, 4.69) is 23.9 Å². The standard InChI is InChI=1S/C13H24N2O2S2/c1-9(2)6-11(4)15-19(16,17)13-10(3)8-18-12(13)7-14-5/h8-9,11,14-15H,6-7H2,1-5H3. The first kappa shape index (κ1) is 16.6. The van der Waals surface area contributed by atoms with Crippen molar-refractivity contribution >= 4 is 21.4 Å².